The van der Waals surface area contributed by atoms with Crippen LogP contribution in [-0.2, 0) is 28.6 Å². The Kier molecular flexibility index (Phi) is 35.5. The van der Waals surface area contributed by atoms with Crippen LogP contribution in [0.4, 0.5) is 0 Å². The third-order valence-corrected chi connectivity index (χ3v) is 9.29. The molecule has 0 radical (unpaired) electrons. The summed E-state index contributed by atoms with van der Waals surface area (Å²) in [5, 5.41) is 0. The number of carbonyl (C=O) groups excluding carboxylic acids is 3. The summed E-state index contributed by atoms with van der Waals surface area (Å²) in [4.78, 5) is 37.4. The Hall–Kier alpha value is -1.59. The van der Waals surface area contributed by atoms with E-state index < -0.39 is 6.10 Å². The van der Waals surface area contributed by atoms with E-state index in [1.54, 1.807) is 0 Å². The number of ether oxygens (including phenoxy) is 3. The predicted octanol–water partition coefficient (Wildman–Crippen LogP) is 12.8. The molecule has 0 N–H and O–H groups in total. The molecule has 0 aliphatic rings. The van der Waals surface area contributed by atoms with E-state index in [9.17, 15) is 14.4 Å². The van der Waals surface area contributed by atoms with Crippen molar-refractivity contribution in [2.45, 2.75) is 233 Å². The van der Waals surface area contributed by atoms with Crippen LogP contribution in [0.3, 0.4) is 0 Å². The SMILES string of the molecule is CCCCCCCCCCCCCCCCC(=O)OC[C@@H](COC(=O)CCCCCCCCC)OC(=O)CCCCCCCCC(C)C. The van der Waals surface area contributed by atoms with Gasteiger partial charge in [0.05, 0.1) is 0 Å². The van der Waals surface area contributed by atoms with E-state index in [0.29, 0.717) is 19.3 Å². The first kappa shape index (κ1) is 46.4. The van der Waals surface area contributed by atoms with Gasteiger partial charge in [0.1, 0.15) is 13.2 Å². The van der Waals surface area contributed by atoms with Crippen LogP contribution < -0.4 is 0 Å². The van der Waals surface area contributed by atoms with Crippen LogP contribution in [0, 0.1) is 5.92 Å². The van der Waals surface area contributed by atoms with Gasteiger partial charge in [-0.2, -0.15) is 0 Å². The maximum absolute atomic E-state index is 12.6. The molecule has 0 aliphatic heterocycles. The highest BCUT2D eigenvalue weighted by Gasteiger charge is 2.19. The fourth-order valence-electron chi connectivity index (χ4n) is 6.10. The summed E-state index contributed by atoms with van der Waals surface area (Å²) in [7, 11) is 0. The summed E-state index contributed by atoms with van der Waals surface area (Å²) in [6.07, 6.45) is 33.9. The molecule has 0 aliphatic carbocycles. The van der Waals surface area contributed by atoms with E-state index in [1.807, 2.05) is 0 Å². The normalized spacial score (nSPS) is 11.9. The monoisotopic (exact) mass is 681 g/mol. The van der Waals surface area contributed by atoms with Crippen LogP contribution in [0.25, 0.3) is 0 Å². The van der Waals surface area contributed by atoms with Crippen molar-refractivity contribution in [3.63, 3.8) is 0 Å². The lowest BCUT2D eigenvalue weighted by molar-refractivity contribution is -0.167. The van der Waals surface area contributed by atoms with Crippen molar-refractivity contribution in [2.24, 2.45) is 5.92 Å². The molecule has 0 aromatic heterocycles. The largest absolute Gasteiger partial charge is 0.462 e. The second-order valence-electron chi connectivity index (χ2n) is 14.7. The molecule has 0 bridgehead atoms. The lowest BCUT2D eigenvalue weighted by Gasteiger charge is -2.18. The van der Waals surface area contributed by atoms with Gasteiger partial charge in [-0.25, -0.2) is 0 Å². The molecule has 0 spiro atoms. The standard InChI is InChI=1S/C42H80O6/c1-5-7-9-11-13-14-15-16-17-18-19-21-26-30-34-41(44)47-37-39(36-46-40(43)33-29-25-20-12-10-8-6-2)48-42(45)35-31-27-23-22-24-28-32-38(3)4/h38-39H,5-37H2,1-4H3/t39-/m1/s1. The number of hydrogen-bond donors (Lipinski definition) is 0. The first-order valence-corrected chi connectivity index (χ1v) is 20.9. The van der Waals surface area contributed by atoms with Crippen molar-refractivity contribution in [3.05, 3.63) is 0 Å². The fourth-order valence-corrected chi connectivity index (χ4v) is 6.10. The lowest BCUT2D eigenvalue weighted by atomic mass is 10.0. The second-order valence-corrected chi connectivity index (χ2v) is 14.7. The fraction of sp³-hybridized carbons (Fsp3) is 0.929. The molecule has 6 heteroatoms. The Bertz CT molecular complexity index is 721. The van der Waals surface area contributed by atoms with Gasteiger partial charge in [-0.15, -0.1) is 0 Å². The zero-order chi connectivity index (χ0) is 35.3. The van der Waals surface area contributed by atoms with E-state index in [1.165, 1.54) is 122 Å². The molecule has 0 saturated heterocycles. The zero-order valence-electron chi connectivity index (χ0n) is 32.4. The summed E-state index contributed by atoms with van der Waals surface area (Å²) < 4.78 is 16.6. The number of unbranched alkanes of at least 4 members (excludes halogenated alkanes) is 24. The zero-order valence-corrected chi connectivity index (χ0v) is 32.4. The molecule has 0 rings (SSSR count). The van der Waals surface area contributed by atoms with Crippen molar-refractivity contribution >= 4 is 17.9 Å². The van der Waals surface area contributed by atoms with E-state index in [0.717, 1.165) is 63.7 Å². The minimum absolute atomic E-state index is 0.0657. The molecular weight excluding hydrogens is 600 g/mol. The highest BCUT2D eigenvalue weighted by molar-refractivity contribution is 5.71. The van der Waals surface area contributed by atoms with E-state index in [4.69, 9.17) is 14.2 Å². The third kappa shape index (κ3) is 35.7. The van der Waals surface area contributed by atoms with Gasteiger partial charge in [0, 0.05) is 19.3 Å². The third-order valence-electron chi connectivity index (χ3n) is 9.29. The highest BCUT2D eigenvalue weighted by atomic mass is 16.6. The molecule has 0 aromatic carbocycles. The van der Waals surface area contributed by atoms with Gasteiger partial charge in [-0.3, -0.25) is 14.4 Å². The Balaban J connectivity index is 4.26. The number of rotatable bonds is 37. The van der Waals surface area contributed by atoms with Gasteiger partial charge < -0.3 is 14.2 Å². The van der Waals surface area contributed by atoms with Gasteiger partial charge >= 0.3 is 17.9 Å². The minimum atomic E-state index is -0.758. The van der Waals surface area contributed by atoms with Gasteiger partial charge in [-0.05, 0) is 25.2 Å². The quantitative estimate of drug-likeness (QED) is 0.0369. The molecule has 1 atom stereocenters. The Morgan fingerprint density at radius 1 is 0.396 bits per heavy atom. The van der Waals surface area contributed by atoms with Crippen molar-refractivity contribution in [1.82, 2.24) is 0 Å². The average molecular weight is 681 g/mol. The second kappa shape index (κ2) is 36.7. The van der Waals surface area contributed by atoms with Crippen LogP contribution in [-0.4, -0.2) is 37.2 Å². The van der Waals surface area contributed by atoms with E-state index >= 15 is 0 Å². The summed E-state index contributed by atoms with van der Waals surface area (Å²) >= 11 is 0. The molecule has 0 amide bonds. The van der Waals surface area contributed by atoms with Crippen molar-refractivity contribution in [2.75, 3.05) is 13.2 Å². The summed E-state index contributed by atoms with van der Waals surface area (Å²) in [5.74, 6) is -0.112. The molecule has 48 heavy (non-hydrogen) atoms. The smallest absolute Gasteiger partial charge is 0.306 e. The summed E-state index contributed by atoms with van der Waals surface area (Å²) in [6.45, 7) is 8.87. The maximum Gasteiger partial charge on any atom is 0.306 e. The molecule has 0 fully saturated rings. The van der Waals surface area contributed by atoms with E-state index in [-0.39, 0.29) is 31.1 Å². The predicted molar refractivity (Wildman–Crippen MR) is 201 cm³/mol. The van der Waals surface area contributed by atoms with Crippen molar-refractivity contribution < 1.29 is 28.6 Å². The van der Waals surface area contributed by atoms with Crippen LogP contribution in [0.15, 0.2) is 0 Å². The Morgan fingerprint density at radius 3 is 1.02 bits per heavy atom. The van der Waals surface area contributed by atoms with E-state index in [2.05, 4.69) is 27.7 Å². The van der Waals surface area contributed by atoms with Gasteiger partial charge in [0.2, 0.25) is 0 Å². The maximum atomic E-state index is 12.6. The topological polar surface area (TPSA) is 78.9 Å². The first-order valence-electron chi connectivity index (χ1n) is 20.9. The van der Waals surface area contributed by atoms with Gasteiger partial charge in [-0.1, -0.05) is 188 Å². The van der Waals surface area contributed by atoms with Crippen LogP contribution in [0.1, 0.15) is 227 Å². The number of hydrogen-bond acceptors (Lipinski definition) is 6. The molecule has 6 nitrogen and oxygen atoms in total. The Labute approximate surface area is 298 Å². The number of esters is 3. The molecular formula is C42H80O6. The lowest BCUT2D eigenvalue weighted by Crippen LogP contribution is -2.30. The summed E-state index contributed by atoms with van der Waals surface area (Å²) in [6, 6.07) is 0. The van der Waals surface area contributed by atoms with Gasteiger partial charge in [0.25, 0.3) is 0 Å². The van der Waals surface area contributed by atoms with Crippen LogP contribution in [0.5, 0.6) is 0 Å². The highest BCUT2D eigenvalue weighted by Crippen LogP contribution is 2.15. The molecule has 284 valence electrons. The van der Waals surface area contributed by atoms with Crippen molar-refractivity contribution in [3.8, 4) is 0 Å². The van der Waals surface area contributed by atoms with Gasteiger partial charge in [0.15, 0.2) is 6.10 Å². The first-order chi connectivity index (χ1) is 23.4. The molecule has 0 saturated carbocycles. The minimum Gasteiger partial charge on any atom is -0.462 e. The van der Waals surface area contributed by atoms with Crippen LogP contribution in [0.2, 0.25) is 0 Å². The van der Waals surface area contributed by atoms with Crippen molar-refractivity contribution in [1.29, 1.82) is 0 Å². The molecule has 0 heterocycles. The number of carbonyl (C=O) groups is 3. The average Bonchev–Trinajstić information content (AvgIpc) is 3.06. The Morgan fingerprint density at radius 2 is 0.688 bits per heavy atom. The van der Waals surface area contributed by atoms with Crippen LogP contribution >= 0.6 is 0 Å². The molecule has 0 unspecified atom stereocenters. The molecule has 0 aromatic rings. The summed E-state index contributed by atoms with van der Waals surface area (Å²) in [5.41, 5.74) is 0.